The smallest absolute Gasteiger partial charge is 0.315 e. The maximum atomic E-state index is 12.9. The van der Waals surface area contributed by atoms with Gasteiger partial charge in [0.1, 0.15) is 12.0 Å². The van der Waals surface area contributed by atoms with Gasteiger partial charge in [0, 0.05) is 6.07 Å². The third-order valence-electron chi connectivity index (χ3n) is 1.56. The molecule has 0 aliphatic heterocycles. The van der Waals surface area contributed by atoms with Crippen LogP contribution < -0.4 is 0 Å². The molecule has 0 unspecified atom stereocenters. The molecule has 0 amide bonds. The summed E-state index contributed by atoms with van der Waals surface area (Å²) in [7, 11) is 0. The molecule has 1 aromatic carbocycles. The molecular formula is C10H4F4O2. The van der Waals surface area contributed by atoms with Crippen molar-refractivity contribution >= 4 is 5.97 Å². The predicted octanol–water partition coefficient (Wildman–Crippen LogP) is 2.07. The summed E-state index contributed by atoms with van der Waals surface area (Å²) in [4.78, 5) is 10.1. The Hall–Kier alpha value is -2.03. The number of hydrogen-bond acceptors (Lipinski definition) is 1. The minimum atomic E-state index is -1.64. The Kier molecular flexibility index (Phi) is 3.51. The lowest BCUT2D eigenvalue weighted by Gasteiger charge is -1.99. The van der Waals surface area contributed by atoms with Gasteiger partial charge in [-0.25, -0.2) is 17.6 Å². The summed E-state index contributed by atoms with van der Waals surface area (Å²) in [5, 5.41) is 8.20. The van der Waals surface area contributed by atoms with Crippen LogP contribution in [0.25, 0.3) is 0 Å². The standard InChI is InChI=1S/C10H4F4O2/c11-6-4-7(12)10(14)5(9(6)13)2-1-3-8(15)16/h4H,3H2,(H,15,16). The fraction of sp³-hybridized carbons (Fsp3) is 0.100. The monoisotopic (exact) mass is 232 g/mol. The molecule has 6 heteroatoms. The Balaban J connectivity index is 3.20. The van der Waals surface area contributed by atoms with Crippen molar-refractivity contribution in [1.29, 1.82) is 0 Å². The number of carbonyl (C=O) groups is 1. The van der Waals surface area contributed by atoms with Crippen molar-refractivity contribution in [3.63, 3.8) is 0 Å². The average molecular weight is 232 g/mol. The molecule has 1 aromatic rings. The van der Waals surface area contributed by atoms with E-state index in [-0.39, 0.29) is 6.07 Å². The Morgan fingerprint density at radius 1 is 1.19 bits per heavy atom. The molecule has 0 aliphatic rings. The van der Waals surface area contributed by atoms with E-state index in [1.165, 1.54) is 0 Å². The number of carboxylic acid groups (broad SMARTS) is 1. The molecule has 0 aliphatic carbocycles. The molecule has 1 N–H and O–H groups in total. The molecule has 0 atom stereocenters. The predicted molar refractivity (Wildman–Crippen MR) is 45.4 cm³/mol. The van der Waals surface area contributed by atoms with E-state index in [1.54, 1.807) is 5.92 Å². The maximum Gasteiger partial charge on any atom is 0.315 e. The van der Waals surface area contributed by atoms with Gasteiger partial charge < -0.3 is 5.11 Å². The van der Waals surface area contributed by atoms with Crippen LogP contribution in [0.3, 0.4) is 0 Å². The Bertz CT molecular complexity index is 474. The van der Waals surface area contributed by atoms with Crippen LogP contribution in [0.4, 0.5) is 17.6 Å². The van der Waals surface area contributed by atoms with Crippen LogP contribution in [0.15, 0.2) is 6.07 Å². The molecule has 0 saturated heterocycles. The van der Waals surface area contributed by atoms with E-state index in [2.05, 4.69) is 0 Å². The first-order valence-electron chi connectivity index (χ1n) is 3.97. The third-order valence-corrected chi connectivity index (χ3v) is 1.56. The van der Waals surface area contributed by atoms with E-state index in [1.807, 2.05) is 5.92 Å². The van der Waals surface area contributed by atoms with Gasteiger partial charge in [-0.1, -0.05) is 11.8 Å². The molecule has 2 nitrogen and oxygen atoms in total. The first-order valence-corrected chi connectivity index (χ1v) is 3.97. The Morgan fingerprint density at radius 3 is 2.12 bits per heavy atom. The average Bonchev–Trinajstić information content (AvgIpc) is 2.20. The van der Waals surface area contributed by atoms with Crippen molar-refractivity contribution in [3.05, 3.63) is 34.9 Å². The molecule has 1 rings (SSSR count). The number of halogens is 4. The minimum Gasteiger partial charge on any atom is -0.481 e. The lowest BCUT2D eigenvalue weighted by atomic mass is 10.2. The van der Waals surface area contributed by atoms with Gasteiger partial charge >= 0.3 is 5.97 Å². The van der Waals surface area contributed by atoms with Crippen molar-refractivity contribution < 1.29 is 27.5 Å². The van der Waals surface area contributed by atoms with Crippen LogP contribution in [0.2, 0.25) is 0 Å². The molecule has 0 aromatic heterocycles. The van der Waals surface area contributed by atoms with Crippen molar-refractivity contribution in [2.75, 3.05) is 0 Å². The summed E-state index contributed by atoms with van der Waals surface area (Å²) >= 11 is 0. The molecule has 0 saturated carbocycles. The second-order valence-electron chi connectivity index (χ2n) is 2.72. The van der Waals surface area contributed by atoms with Gasteiger partial charge in [-0.15, -0.1) is 0 Å². The summed E-state index contributed by atoms with van der Waals surface area (Å²) in [6.45, 7) is 0. The molecule has 0 bridgehead atoms. The second-order valence-corrected chi connectivity index (χ2v) is 2.72. The molecule has 16 heavy (non-hydrogen) atoms. The quantitative estimate of drug-likeness (QED) is 0.457. The third kappa shape index (κ3) is 2.51. The van der Waals surface area contributed by atoms with Crippen molar-refractivity contribution in [2.45, 2.75) is 6.42 Å². The zero-order valence-corrected chi connectivity index (χ0v) is 7.65. The minimum absolute atomic E-state index is 0.0487. The molecule has 0 spiro atoms. The van der Waals surface area contributed by atoms with Crippen molar-refractivity contribution in [2.24, 2.45) is 0 Å². The summed E-state index contributed by atoms with van der Waals surface area (Å²) < 4.78 is 51.2. The lowest BCUT2D eigenvalue weighted by Crippen LogP contribution is -1.99. The number of aliphatic carboxylic acids is 1. The largest absolute Gasteiger partial charge is 0.481 e. The highest BCUT2D eigenvalue weighted by molar-refractivity contribution is 5.70. The van der Waals surface area contributed by atoms with Gasteiger partial charge in [0.25, 0.3) is 0 Å². The van der Waals surface area contributed by atoms with E-state index < -0.39 is 41.2 Å². The van der Waals surface area contributed by atoms with E-state index in [0.717, 1.165) is 0 Å². The Labute approximate surface area is 87.5 Å². The van der Waals surface area contributed by atoms with Gasteiger partial charge in [-0.2, -0.15) is 0 Å². The summed E-state index contributed by atoms with van der Waals surface area (Å²) in [6, 6.07) is 0.0487. The van der Waals surface area contributed by atoms with Crippen LogP contribution in [0, 0.1) is 35.1 Å². The second kappa shape index (κ2) is 4.66. The SMILES string of the molecule is O=C(O)CC#Cc1c(F)c(F)cc(F)c1F. The van der Waals surface area contributed by atoms with E-state index >= 15 is 0 Å². The first-order chi connectivity index (χ1) is 7.43. The fourth-order valence-corrected chi connectivity index (χ4v) is 0.891. The van der Waals surface area contributed by atoms with Gasteiger partial charge in [-0.3, -0.25) is 4.79 Å². The van der Waals surface area contributed by atoms with Crippen molar-refractivity contribution in [3.8, 4) is 11.8 Å². The van der Waals surface area contributed by atoms with Crippen molar-refractivity contribution in [1.82, 2.24) is 0 Å². The highest BCUT2D eigenvalue weighted by atomic mass is 19.2. The normalized spacial score (nSPS) is 9.50. The summed E-state index contributed by atoms with van der Waals surface area (Å²) in [6.07, 6.45) is -0.684. The molecule has 0 fully saturated rings. The fourth-order valence-electron chi connectivity index (χ4n) is 0.891. The van der Waals surface area contributed by atoms with Crippen LogP contribution in [-0.4, -0.2) is 11.1 Å². The molecule has 0 heterocycles. The lowest BCUT2D eigenvalue weighted by molar-refractivity contribution is -0.135. The number of hydrogen-bond donors (Lipinski definition) is 1. The van der Waals surface area contributed by atoms with E-state index in [9.17, 15) is 22.4 Å². The van der Waals surface area contributed by atoms with Gasteiger partial charge in [0.2, 0.25) is 0 Å². The van der Waals surface area contributed by atoms with E-state index in [4.69, 9.17) is 5.11 Å². The van der Waals surface area contributed by atoms with E-state index in [0.29, 0.717) is 0 Å². The first kappa shape index (κ1) is 12.0. The topological polar surface area (TPSA) is 37.3 Å². The van der Waals surface area contributed by atoms with Gasteiger partial charge in [0.15, 0.2) is 23.3 Å². The maximum absolute atomic E-state index is 12.9. The molecule has 0 radical (unpaired) electrons. The zero-order chi connectivity index (χ0) is 12.3. The highest BCUT2D eigenvalue weighted by Crippen LogP contribution is 2.18. The molecular weight excluding hydrogens is 228 g/mol. The zero-order valence-electron chi connectivity index (χ0n) is 7.65. The van der Waals surface area contributed by atoms with Gasteiger partial charge in [0.05, 0.1) is 0 Å². The van der Waals surface area contributed by atoms with Crippen LogP contribution in [0.1, 0.15) is 12.0 Å². The van der Waals surface area contributed by atoms with Gasteiger partial charge in [-0.05, 0) is 0 Å². The van der Waals surface area contributed by atoms with Crippen LogP contribution in [0.5, 0.6) is 0 Å². The Morgan fingerprint density at radius 2 is 1.69 bits per heavy atom. The summed E-state index contributed by atoms with van der Waals surface area (Å²) in [5.74, 6) is -4.16. The summed E-state index contributed by atoms with van der Waals surface area (Å²) in [5.41, 5.74) is -1.11. The van der Waals surface area contributed by atoms with Crippen LogP contribution >= 0.6 is 0 Å². The van der Waals surface area contributed by atoms with Crippen LogP contribution in [-0.2, 0) is 4.79 Å². The number of benzene rings is 1. The molecule has 84 valence electrons. The number of carboxylic acids is 1. The highest BCUT2D eigenvalue weighted by Gasteiger charge is 2.17. The number of rotatable bonds is 1.